The number of likely N-dealkylation sites (tertiary alicyclic amines) is 1. The molecular formula is C14H23NO3. The van der Waals surface area contributed by atoms with Crippen molar-refractivity contribution in [3.05, 3.63) is 0 Å². The minimum atomic E-state index is -0.328. The zero-order chi connectivity index (χ0) is 13.0. The Balaban J connectivity index is 1.93. The molecule has 2 rings (SSSR count). The number of esters is 1. The number of ether oxygens (including phenoxy) is 1. The Morgan fingerprint density at radius 3 is 2.56 bits per heavy atom. The molecule has 0 N–H and O–H groups in total. The predicted octanol–water partition coefficient (Wildman–Crippen LogP) is 2.12. The second-order valence-corrected chi connectivity index (χ2v) is 5.35. The molecule has 0 aromatic rings. The molecule has 1 saturated carbocycles. The zero-order valence-electron chi connectivity index (χ0n) is 11.2. The summed E-state index contributed by atoms with van der Waals surface area (Å²) in [5, 5.41) is 0. The minimum Gasteiger partial charge on any atom is -0.464 e. The van der Waals surface area contributed by atoms with Gasteiger partial charge < -0.3 is 9.64 Å². The van der Waals surface area contributed by atoms with Gasteiger partial charge >= 0.3 is 5.97 Å². The van der Waals surface area contributed by atoms with Crippen LogP contribution >= 0.6 is 0 Å². The Kier molecular flexibility index (Phi) is 4.61. The lowest BCUT2D eigenvalue weighted by Gasteiger charge is -2.36. The van der Waals surface area contributed by atoms with E-state index in [0.717, 1.165) is 25.8 Å². The number of carbonyl (C=O) groups excluding carboxylic acids is 2. The number of piperidine rings is 1. The van der Waals surface area contributed by atoms with Crippen molar-refractivity contribution < 1.29 is 14.3 Å². The van der Waals surface area contributed by atoms with Gasteiger partial charge in [-0.2, -0.15) is 0 Å². The summed E-state index contributed by atoms with van der Waals surface area (Å²) in [5.74, 6) is 0.485. The van der Waals surface area contributed by atoms with Crippen molar-refractivity contribution >= 4 is 11.9 Å². The summed E-state index contributed by atoms with van der Waals surface area (Å²) in [6.45, 7) is 2.91. The third-order valence-corrected chi connectivity index (χ3v) is 4.07. The highest BCUT2D eigenvalue weighted by Gasteiger charge is 2.34. The van der Waals surface area contributed by atoms with Gasteiger partial charge in [-0.05, 0) is 44.9 Å². The van der Waals surface area contributed by atoms with Crippen LogP contribution in [-0.4, -0.2) is 36.0 Å². The molecule has 102 valence electrons. The van der Waals surface area contributed by atoms with Crippen molar-refractivity contribution in [2.45, 2.75) is 57.9 Å². The fraction of sp³-hybridized carbons (Fsp3) is 0.857. The van der Waals surface area contributed by atoms with Gasteiger partial charge in [-0.25, -0.2) is 4.79 Å². The molecule has 0 aromatic carbocycles. The van der Waals surface area contributed by atoms with E-state index in [1.165, 1.54) is 19.3 Å². The summed E-state index contributed by atoms with van der Waals surface area (Å²) < 4.78 is 5.07. The third-order valence-electron chi connectivity index (χ3n) is 4.07. The average Bonchev–Trinajstić information content (AvgIpc) is 2.34. The van der Waals surface area contributed by atoms with Gasteiger partial charge in [0.2, 0.25) is 5.91 Å². The number of amides is 1. The number of rotatable bonds is 4. The Labute approximate surface area is 109 Å². The van der Waals surface area contributed by atoms with E-state index < -0.39 is 0 Å². The van der Waals surface area contributed by atoms with E-state index in [0.29, 0.717) is 18.9 Å². The molecule has 18 heavy (non-hydrogen) atoms. The molecule has 1 amide bonds. The molecule has 1 unspecified atom stereocenters. The van der Waals surface area contributed by atoms with Crippen molar-refractivity contribution in [2.24, 2.45) is 5.92 Å². The quantitative estimate of drug-likeness (QED) is 0.721. The smallest absolute Gasteiger partial charge is 0.328 e. The van der Waals surface area contributed by atoms with Gasteiger partial charge in [-0.15, -0.1) is 0 Å². The lowest BCUT2D eigenvalue weighted by Crippen LogP contribution is -2.49. The number of nitrogens with zero attached hydrogens (tertiary/aromatic N) is 1. The minimum absolute atomic E-state index is 0.150. The first-order valence-electron chi connectivity index (χ1n) is 7.18. The zero-order valence-corrected chi connectivity index (χ0v) is 11.2. The lowest BCUT2D eigenvalue weighted by atomic mass is 9.82. The molecule has 1 aliphatic heterocycles. The fourth-order valence-corrected chi connectivity index (χ4v) is 2.77. The van der Waals surface area contributed by atoms with Crippen LogP contribution in [0.25, 0.3) is 0 Å². The first-order valence-corrected chi connectivity index (χ1v) is 7.18. The van der Waals surface area contributed by atoms with Gasteiger partial charge in [0.25, 0.3) is 0 Å². The maximum absolute atomic E-state index is 12.2. The standard InChI is InChI=1S/C14H23NO3/c1-2-18-14(17)12-8-3-4-9-15(12)13(16)10-11-6-5-7-11/h11-12H,2-10H2,1H3. The summed E-state index contributed by atoms with van der Waals surface area (Å²) in [5.41, 5.74) is 0. The third kappa shape index (κ3) is 3.03. The van der Waals surface area contributed by atoms with Gasteiger partial charge in [0, 0.05) is 13.0 Å². The summed E-state index contributed by atoms with van der Waals surface area (Å²) >= 11 is 0. The molecule has 2 aliphatic rings. The maximum Gasteiger partial charge on any atom is 0.328 e. The van der Waals surface area contributed by atoms with Gasteiger partial charge in [0.15, 0.2) is 0 Å². The van der Waals surface area contributed by atoms with E-state index in [4.69, 9.17) is 4.74 Å². The van der Waals surface area contributed by atoms with Crippen LogP contribution in [0.1, 0.15) is 51.9 Å². The Bertz CT molecular complexity index is 312. The fourth-order valence-electron chi connectivity index (χ4n) is 2.77. The number of carbonyl (C=O) groups is 2. The van der Waals surface area contributed by atoms with E-state index in [1.54, 1.807) is 11.8 Å². The van der Waals surface area contributed by atoms with Crippen LogP contribution in [0.3, 0.4) is 0 Å². The molecule has 0 radical (unpaired) electrons. The first-order chi connectivity index (χ1) is 8.72. The van der Waals surface area contributed by atoms with Crippen molar-refractivity contribution in [1.29, 1.82) is 0 Å². The second kappa shape index (κ2) is 6.21. The second-order valence-electron chi connectivity index (χ2n) is 5.35. The van der Waals surface area contributed by atoms with Crippen molar-refractivity contribution in [1.82, 2.24) is 4.90 Å². The van der Waals surface area contributed by atoms with Gasteiger partial charge in [-0.3, -0.25) is 4.79 Å². The molecule has 1 saturated heterocycles. The van der Waals surface area contributed by atoms with Crippen molar-refractivity contribution in [3.63, 3.8) is 0 Å². The van der Waals surface area contributed by atoms with Crippen LogP contribution in [0.5, 0.6) is 0 Å². The average molecular weight is 253 g/mol. The number of hydrogen-bond donors (Lipinski definition) is 0. The molecule has 4 nitrogen and oxygen atoms in total. The highest BCUT2D eigenvalue weighted by molar-refractivity contribution is 5.85. The topological polar surface area (TPSA) is 46.6 Å². The molecule has 2 fully saturated rings. The first kappa shape index (κ1) is 13.4. The molecule has 1 atom stereocenters. The van der Waals surface area contributed by atoms with E-state index in [9.17, 15) is 9.59 Å². The van der Waals surface area contributed by atoms with Crippen LogP contribution in [0.2, 0.25) is 0 Å². The maximum atomic E-state index is 12.2. The summed E-state index contributed by atoms with van der Waals surface area (Å²) in [6.07, 6.45) is 6.99. The lowest BCUT2D eigenvalue weighted by molar-refractivity contribution is -0.157. The molecule has 0 spiro atoms. The highest BCUT2D eigenvalue weighted by atomic mass is 16.5. The summed E-state index contributed by atoms with van der Waals surface area (Å²) in [6, 6.07) is -0.328. The largest absolute Gasteiger partial charge is 0.464 e. The van der Waals surface area contributed by atoms with Crippen LogP contribution in [0, 0.1) is 5.92 Å². The normalized spacial score (nSPS) is 24.5. The summed E-state index contributed by atoms with van der Waals surface area (Å²) in [4.78, 5) is 25.9. The van der Waals surface area contributed by atoms with Gasteiger partial charge in [-0.1, -0.05) is 6.42 Å². The Hall–Kier alpha value is -1.06. The van der Waals surface area contributed by atoms with Crippen LogP contribution in [-0.2, 0) is 14.3 Å². The SMILES string of the molecule is CCOC(=O)C1CCCCN1C(=O)CC1CCC1. The molecule has 0 bridgehead atoms. The van der Waals surface area contributed by atoms with Crippen molar-refractivity contribution in [2.75, 3.05) is 13.2 Å². The van der Waals surface area contributed by atoms with Crippen LogP contribution in [0.4, 0.5) is 0 Å². The molecule has 0 aromatic heterocycles. The van der Waals surface area contributed by atoms with Gasteiger partial charge in [0.05, 0.1) is 6.61 Å². The van der Waals surface area contributed by atoms with E-state index in [1.807, 2.05) is 0 Å². The number of hydrogen-bond acceptors (Lipinski definition) is 3. The Morgan fingerprint density at radius 2 is 1.94 bits per heavy atom. The Morgan fingerprint density at radius 1 is 1.17 bits per heavy atom. The summed E-state index contributed by atoms with van der Waals surface area (Å²) in [7, 11) is 0. The van der Waals surface area contributed by atoms with Gasteiger partial charge in [0.1, 0.15) is 6.04 Å². The predicted molar refractivity (Wildman–Crippen MR) is 67.9 cm³/mol. The van der Waals surface area contributed by atoms with Crippen LogP contribution in [0.15, 0.2) is 0 Å². The van der Waals surface area contributed by atoms with E-state index >= 15 is 0 Å². The molecule has 1 heterocycles. The monoisotopic (exact) mass is 253 g/mol. The molecular weight excluding hydrogens is 230 g/mol. The van der Waals surface area contributed by atoms with E-state index in [2.05, 4.69) is 0 Å². The molecule has 4 heteroatoms. The highest BCUT2D eigenvalue weighted by Crippen LogP contribution is 2.31. The van der Waals surface area contributed by atoms with E-state index in [-0.39, 0.29) is 17.9 Å². The molecule has 1 aliphatic carbocycles. The van der Waals surface area contributed by atoms with Crippen molar-refractivity contribution in [3.8, 4) is 0 Å². The van der Waals surface area contributed by atoms with Crippen LogP contribution < -0.4 is 0 Å².